The molecule has 0 aliphatic rings. The molecule has 0 saturated carbocycles. The molecule has 3 aromatic heterocycles. The average Bonchev–Trinajstić information content (AvgIpc) is 2.80. The van der Waals surface area contributed by atoms with E-state index in [0.717, 1.165) is 24.3 Å². The van der Waals surface area contributed by atoms with Crippen molar-refractivity contribution in [3.05, 3.63) is 54.2 Å². The molecule has 3 aromatic rings. The van der Waals surface area contributed by atoms with Crippen LogP contribution in [-0.4, -0.2) is 19.6 Å². The van der Waals surface area contributed by atoms with Gasteiger partial charge in [-0.2, -0.15) is 0 Å². The minimum absolute atomic E-state index is 0.713. The lowest BCUT2D eigenvalue weighted by molar-refractivity contribution is 0.836. The maximum Gasteiger partial charge on any atom is 0.160 e. The number of fused-ring (bicyclic) bond motifs is 1. The number of nitrogens with two attached hydrogens (primary N) is 1. The van der Waals surface area contributed by atoms with E-state index < -0.39 is 0 Å². The van der Waals surface area contributed by atoms with Gasteiger partial charge >= 0.3 is 0 Å². The number of hydrogen-bond donors (Lipinski definition) is 1. The summed E-state index contributed by atoms with van der Waals surface area (Å²) >= 11 is 0. The predicted molar refractivity (Wildman–Crippen MR) is 69.0 cm³/mol. The number of nitrogen functional groups attached to an aromatic ring is 1. The second-order valence-electron chi connectivity index (χ2n) is 4.17. The molecule has 0 aromatic carbocycles. The van der Waals surface area contributed by atoms with Crippen LogP contribution in [-0.2, 0) is 12.8 Å². The Labute approximate surface area is 104 Å². The third-order valence-electron chi connectivity index (χ3n) is 2.86. The highest BCUT2D eigenvalue weighted by Gasteiger charge is 2.05. The summed E-state index contributed by atoms with van der Waals surface area (Å²) in [5.41, 5.74) is 8.50. The molecule has 0 atom stereocenters. The summed E-state index contributed by atoms with van der Waals surface area (Å²) in [5.74, 6) is 0.918. The fraction of sp³-hybridized carbons (Fsp3) is 0.154. The number of anilines is 1. The maximum atomic E-state index is 5.77. The van der Waals surface area contributed by atoms with E-state index in [1.54, 1.807) is 6.20 Å². The van der Waals surface area contributed by atoms with E-state index in [2.05, 4.69) is 21.2 Å². The number of aryl methyl sites for hydroxylation is 2. The van der Waals surface area contributed by atoms with Crippen LogP contribution in [0.1, 0.15) is 11.4 Å². The van der Waals surface area contributed by atoms with Gasteiger partial charge in [-0.15, -0.1) is 10.2 Å². The lowest BCUT2D eigenvalue weighted by Gasteiger charge is -2.01. The smallest absolute Gasteiger partial charge is 0.160 e. The van der Waals surface area contributed by atoms with E-state index in [4.69, 9.17) is 5.73 Å². The fourth-order valence-electron chi connectivity index (χ4n) is 1.93. The zero-order chi connectivity index (χ0) is 12.4. The summed E-state index contributed by atoms with van der Waals surface area (Å²) in [4.78, 5) is 4.10. The third-order valence-corrected chi connectivity index (χ3v) is 2.86. The van der Waals surface area contributed by atoms with Crippen molar-refractivity contribution in [1.82, 2.24) is 19.6 Å². The summed E-state index contributed by atoms with van der Waals surface area (Å²) < 4.78 is 1.94. The molecular weight excluding hydrogens is 226 g/mol. The molecule has 0 aliphatic carbocycles. The highest BCUT2D eigenvalue weighted by molar-refractivity contribution is 5.47. The number of hydrogen-bond acceptors (Lipinski definition) is 4. The second kappa shape index (κ2) is 4.44. The van der Waals surface area contributed by atoms with Crippen molar-refractivity contribution < 1.29 is 0 Å². The maximum absolute atomic E-state index is 5.77. The molecule has 3 rings (SSSR count). The lowest BCUT2D eigenvalue weighted by Crippen LogP contribution is -1.99. The zero-order valence-corrected chi connectivity index (χ0v) is 9.82. The van der Waals surface area contributed by atoms with Gasteiger partial charge in [0, 0.05) is 30.7 Å². The Morgan fingerprint density at radius 2 is 2.06 bits per heavy atom. The molecule has 0 saturated heterocycles. The first-order valence-corrected chi connectivity index (χ1v) is 5.81. The SMILES string of the molecule is Nc1ccc2nnc(CCc3cccnc3)n2c1. The molecule has 18 heavy (non-hydrogen) atoms. The topological polar surface area (TPSA) is 69.1 Å². The molecule has 0 unspecified atom stereocenters. The lowest BCUT2D eigenvalue weighted by atomic mass is 10.1. The van der Waals surface area contributed by atoms with E-state index in [0.29, 0.717) is 5.69 Å². The van der Waals surface area contributed by atoms with Gasteiger partial charge in [0.05, 0.1) is 0 Å². The fourth-order valence-corrected chi connectivity index (χ4v) is 1.93. The van der Waals surface area contributed by atoms with Crippen LogP contribution in [0.4, 0.5) is 5.69 Å². The first-order valence-electron chi connectivity index (χ1n) is 5.81. The summed E-state index contributed by atoms with van der Waals surface area (Å²) in [6.07, 6.45) is 7.21. The van der Waals surface area contributed by atoms with Gasteiger partial charge in [-0.1, -0.05) is 6.07 Å². The minimum atomic E-state index is 0.713. The van der Waals surface area contributed by atoms with E-state index in [1.807, 2.05) is 35.0 Å². The molecule has 90 valence electrons. The van der Waals surface area contributed by atoms with Gasteiger partial charge in [0.1, 0.15) is 5.82 Å². The first kappa shape index (κ1) is 10.7. The number of nitrogens with zero attached hydrogens (tertiary/aromatic N) is 4. The minimum Gasteiger partial charge on any atom is -0.398 e. The Balaban J connectivity index is 1.85. The molecule has 5 heteroatoms. The highest BCUT2D eigenvalue weighted by Crippen LogP contribution is 2.10. The summed E-state index contributed by atoms with van der Waals surface area (Å²) in [6, 6.07) is 7.70. The van der Waals surface area contributed by atoms with Crippen LogP contribution in [0.15, 0.2) is 42.9 Å². The van der Waals surface area contributed by atoms with Crippen LogP contribution in [0.3, 0.4) is 0 Å². The summed E-state index contributed by atoms with van der Waals surface area (Å²) in [5, 5.41) is 8.30. The first-order chi connectivity index (χ1) is 8.83. The van der Waals surface area contributed by atoms with Crippen molar-refractivity contribution >= 4 is 11.3 Å². The van der Waals surface area contributed by atoms with E-state index in [1.165, 1.54) is 5.56 Å². The molecule has 0 radical (unpaired) electrons. The Morgan fingerprint density at radius 1 is 1.11 bits per heavy atom. The molecule has 0 amide bonds. The van der Waals surface area contributed by atoms with Gasteiger partial charge < -0.3 is 5.73 Å². The standard InChI is InChI=1S/C13H13N5/c14-11-4-6-13-17-16-12(18(13)9-11)5-3-10-2-1-7-15-8-10/h1-2,4,6-9H,3,5,14H2. The van der Waals surface area contributed by atoms with Crippen LogP contribution < -0.4 is 5.73 Å². The van der Waals surface area contributed by atoms with Crippen molar-refractivity contribution in [2.75, 3.05) is 5.73 Å². The monoisotopic (exact) mass is 239 g/mol. The van der Waals surface area contributed by atoms with Crippen molar-refractivity contribution in [2.45, 2.75) is 12.8 Å². The Kier molecular flexibility index (Phi) is 2.64. The predicted octanol–water partition coefficient (Wildman–Crippen LogP) is 1.49. The quantitative estimate of drug-likeness (QED) is 0.751. The Morgan fingerprint density at radius 3 is 2.89 bits per heavy atom. The van der Waals surface area contributed by atoms with E-state index in [-0.39, 0.29) is 0 Å². The van der Waals surface area contributed by atoms with Crippen LogP contribution in [0, 0.1) is 0 Å². The van der Waals surface area contributed by atoms with Crippen LogP contribution in [0.5, 0.6) is 0 Å². The van der Waals surface area contributed by atoms with Gasteiger partial charge in [-0.05, 0) is 30.2 Å². The van der Waals surface area contributed by atoms with Crippen LogP contribution in [0.2, 0.25) is 0 Å². The summed E-state index contributed by atoms with van der Waals surface area (Å²) in [6.45, 7) is 0. The van der Waals surface area contributed by atoms with Gasteiger partial charge in [0.2, 0.25) is 0 Å². The zero-order valence-electron chi connectivity index (χ0n) is 9.82. The van der Waals surface area contributed by atoms with Gasteiger partial charge in [0.25, 0.3) is 0 Å². The third kappa shape index (κ3) is 2.02. The van der Waals surface area contributed by atoms with Crippen molar-refractivity contribution in [3.63, 3.8) is 0 Å². The van der Waals surface area contributed by atoms with Crippen molar-refractivity contribution in [1.29, 1.82) is 0 Å². The van der Waals surface area contributed by atoms with Crippen molar-refractivity contribution in [3.8, 4) is 0 Å². The Bertz CT molecular complexity index is 659. The number of pyridine rings is 2. The largest absolute Gasteiger partial charge is 0.398 e. The van der Waals surface area contributed by atoms with E-state index in [9.17, 15) is 0 Å². The summed E-state index contributed by atoms with van der Waals surface area (Å²) in [7, 11) is 0. The van der Waals surface area contributed by atoms with Gasteiger partial charge in [-0.25, -0.2) is 0 Å². The van der Waals surface area contributed by atoms with Crippen LogP contribution >= 0.6 is 0 Å². The number of rotatable bonds is 3. The molecule has 0 aliphatic heterocycles. The van der Waals surface area contributed by atoms with E-state index >= 15 is 0 Å². The molecule has 3 heterocycles. The molecule has 5 nitrogen and oxygen atoms in total. The molecule has 0 bridgehead atoms. The highest BCUT2D eigenvalue weighted by atomic mass is 15.2. The van der Waals surface area contributed by atoms with Crippen LogP contribution in [0.25, 0.3) is 5.65 Å². The average molecular weight is 239 g/mol. The van der Waals surface area contributed by atoms with Crippen molar-refractivity contribution in [2.24, 2.45) is 0 Å². The Hall–Kier alpha value is -2.43. The second-order valence-corrected chi connectivity index (χ2v) is 4.17. The molecular formula is C13H13N5. The number of aromatic nitrogens is 4. The molecule has 0 fully saturated rings. The molecule has 2 N–H and O–H groups in total. The van der Waals surface area contributed by atoms with Gasteiger partial charge in [0.15, 0.2) is 5.65 Å². The van der Waals surface area contributed by atoms with Gasteiger partial charge in [-0.3, -0.25) is 9.38 Å². The molecule has 0 spiro atoms. The normalized spacial score (nSPS) is 10.9.